The third-order valence-electron chi connectivity index (χ3n) is 4.15. The Hall–Kier alpha value is -3.06. The first-order valence-corrected chi connectivity index (χ1v) is 9.34. The Kier molecular flexibility index (Phi) is 6.79. The second-order valence-electron chi connectivity index (χ2n) is 6.23. The second kappa shape index (κ2) is 9.20. The summed E-state index contributed by atoms with van der Waals surface area (Å²) >= 11 is 3.05. The molecule has 1 atom stereocenters. The highest BCUT2D eigenvalue weighted by Crippen LogP contribution is 2.35. The molecule has 3 aromatic rings. The van der Waals surface area contributed by atoms with Crippen molar-refractivity contribution < 1.29 is 45.4 Å². The van der Waals surface area contributed by atoms with E-state index in [9.17, 15) is 31.3 Å². The Bertz CT molecular complexity index is 1130. The lowest BCUT2D eigenvalue weighted by atomic mass is 10.1. The fourth-order valence-corrected chi connectivity index (χ4v) is 3.15. The van der Waals surface area contributed by atoms with Gasteiger partial charge < -0.3 is 14.9 Å². The first kappa shape index (κ1) is 23.6. The molecule has 1 heterocycles. The number of carbonyl (C=O) groups excluding carboxylic acids is 1. The number of aromatic nitrogens is 1. The highest BCUT2D eigenvalue weighted by atomic mass is 79.9. The van der Waals surface area contributed by atoms with Gasteiger partial charge in [0.05, 0.1) is 5.56 Å². The highest BCUT2D eigenvalue weighted by molar-refractivity contribution is 9.10. The van der Waals surface area contributed by atoms with Gasteiger partial charge >= 0.3 is 6.18 Å². The van der Waals surface area contributed by atoms with Crippen molar-refractivity contribution >= 4 is 21.8 Å². The van der Waals surface area contributed by atoms with Crippen molar-refractivity contribution in [2.45, 2.75) is 12.3 Å². The Balaban J connectivity index is 1.94. The first-order valence-electron chi connectivity index (χ1n) is 8.54. The van der Waals surface area contributed by atoms with Crippen LogP contribution in [0.5, 0.6) is 5.75 Å². The molecule has 0 saturated carbocycles. The number of nitrogens with two attached hydrogens (primary N) is 1. The molecule has 0 spiro atoms. The number of carbonyl (C=O) groups is 1. The molecule has 13 heteroatoms. The molecule has 2 aromatic carbocycles. The van der Waals surface area contributed by atoms with Gasteiger partial charge in [0, 0.05) is 5.56 Å². The van der Waals surface area contributed by atoms with Crippen molar-refractivity contribution in [3.8, 4) is 17.0 Å². The topological polar surface area (TPSA) is 87.6 Å². The lowest BCUT2D eigenvalue weighted by Gasteiger charge is -2.15. The number of alkyl halides is 3. The van der Waals surface area contributed by atoms with E-state index < -0.39 is 53.3 Å². The summed E-state index contributed by atoms with van der Waals surface area (Å²) in [5, 5.41) is 0. The quantitative estimate of drug-likeness (QED) is 0.411. The van der Waals surface area contributed by atoms with Crippen LogP contribution in [0.4, 0.5) is 26.5 Å². The molecule has 3 rings (SSSR count). The number of oxazole rings is 1. The summed E-state index contributed by atoms with van der Waals surface area (Å²) in [5.74, 6) is -5.09. The molecule has 0 radical (unpaired) electrons. The monoisotopic (exact) mass is 524 g/mol. The third-order valence-corrected chi connectivity index (χ3v) is 4.69. The summed E-state index contributed by atoms with van der Waals surface area (Å²) in [5.41, 5.74) is 3.24. The van der Waals surface area contributed by atoms with E-state index in [0.29, 0.717) is 6.07 Å². The zero-order chi connectivity index (χ0) is 23.6. The number of nitrogens with zero attached hydrogens (tertiary/aromatic N) is 1. The predicted molar refractivity (Wildman–Crippen MR) is 99.9 cm³/mol. The van der Waals surface area contributed by atoms with Gasteiger partial charge in [-0.15, -0.1) is 0 Å². The number of ether oxygens (including phenoxy) is 1. The van der Waals surface area contributed by atoms with Crippen LogP contribution < -0.4 is 10.5 Å². The number of amides is 1. The fraction of sp³-hybridized carbons (Fsp3) is 0.158. The molecule has 0 saturated heterocycles. The van der Waals surface area contributed by atoms with Crippen LogP contribution in [0.15, 0.2) is 45.5 Å². The molecule has 32 heavy (non-hydrogen) atoms. The summed E-state index contributed by atoms with van der Waals surface area (Å²) in [4.78, 5) is 18.8. The molecule has 0 fully saturated rings. The van der Waals surface area contributed by atoms with E-state index in [1.807, 2.05) is 0 Å². The van der Waals surface area contributed by atoms with Crippen LogP contribution in [0.2, 0.25) is 0 Å². The van der Waals surface area contributed by atoms with E-state index in [4.69, 9.17) is 14.9 Å². The van der Waals surface area contributed by atoms with Crippen LogP contribution in [0.1, 0.15) is 27.9 Å². The lowest BCUT2D eigenvalue weighted by Crippen LogP contribution is -2.18. The Morgan fingerprint density at radius 2 is 1.81 bits per heavy atom. The minimum atomic E-state index is -4.54. The van der Waals surface area contributed by atoms with Crippen LogP contribution in [0.3, 0.4) is 0 Å². The maximum absolute atomic E-state index is 14.4. The standard InChI is InChI=1S/C19H11BrF6N2O4/c20-16-15(8-1-3-9(4-2-8)19(23,24)25)28-18(32-16)12(7-30-26)31-11-6-5-10(21)13(14(11)22)17(27)29/h1-6,12H,7H2,(H2,27,29). The maximum atomic E-state index is 14.4. The Labute approximate surface area is 184 Å². The first-order chi connectivity index (χ1) is 15.0. The van der Waals surface area contributed by atoms with Crippen LogP contribution in [0.25, 0.3) is 11.3 Å². The number of hydrogen-bond donors (Lipinski definition) is 1. The van der Waals surface area contributed by atoms with Crippen LogP contribution >= 0.6 is 15.9 Å². The molecule has 0 aliphatic heterocycles. The molecule has 170 valence electrons. The van der Waals surface area contributed by atoms with Gasteiger partial charge in [-0.3, -0.25) is 4.79 Å². The average Bonchev–Trinajstić information content (AvgIpc) is 3.10. The van der Waals surface area contributed by atoms with Crippen molar-refractivity contribution in [3.63, 3.8) is 0 Å². The number of halogens is 7. The maximum Gasteiger partial charge on any atom is 0.416 e. The molecule has 1 unspecified atom stereocenters. The third kappa shape index (κ3) is 4.88. The van der Waals surface area contributed by atoms with Crippen LogP contribution in [-0.4, -0.2) is 17.5 Å². The van der Waals surface area contributed by atoms with E-state index >= 15 is 0 Å². The molecule has 1 aromatic heterocycles. The van der Waals surface area contributed by atoms with E-state index in [1.165, 1.54) is 0 Å². The van der Waals surface area contributed by atoms with E-state index in [0.717, 1.165) is 30.3 Å². The summed E-state index contributed by atoms with van der Waals surface area (Å²) in [6.45, 7) is -0.859. The van der Waals surface area contributed by atoms with Gasteiger partial charge in [0.25, 0.3) is 5.91 Å². The molecule has 0 aliphatic rings. The van der Waals surface area contributed by atoms with E-state index in [1.54, 1.807) is 0 Å². The Morgan fingerprint density at radius 3 is 2.38 bits per heavy atom. The molecular weight excluding hydrogens is 514 g/mol. The minimum Gasteiger partial charge on any atom is -0.475 e. The fourth-order valence-electron chi connectivity index (χ4n) is 2.67. The zero-order valence-electron chi connectivity index (χ0n) is 15.6. The number of primary amides is 1. The van der Waals surface area contributed by atoms with Crippen molar-refractivity contribution in [1.82, 2.24) is 4.98 Å². The van der Waals surface area contributed by atoms with Gasteiger partial charge in [0.15, 0.2) is 16.2 Å². The normalized spacial score (nSPS) is 12.6. The smallest absolute Gasteiger partial charge is 0.416 e. The van der Waals surface area contributed by atoms with Crippen molar-refractivity contribution in [3.05, 3.63) is 69.7 Å². The van der Waals surface area contributed by atoms with Gasteiger partial charge in [0.2, 0.25) is 12.0 Å². The van der Waals surface area contributed by atoms with Crippen molar-refractivity contribution in [2.75, 3.05) is 6.61 Å². The molecule has 0 bridgehead atoms. The lowest BCUT2D eigenvalue weighted by molar-refractivity contribution is -0.157. The average molecular weight is 525 g/mol. The number of hydrogen-bond acceptors (Lipinski definition) is 5. The van der Waals surface area contributed by atoms with Gasteiger partial charge in [-0.1, -0.05) is 12.1 Å². The number of benzene rings is 2. The van der Waals surface area contributed by atoms with Gasteiger partial charge in [-0.2, -0.15) is 18.1 Å². The van der Waals surface area contributed by atoms with Gasteiger partial charge in [0.1, 0.15) is 23.7 Å². The van der Waals surface area contributed by atoms with Gasteiger partial charge in [-0.05, 0) is 44.7 Å². The van der Waals surface area contributed by atoms with Crippen LogP contribution in [-0.2, 0) is 11.1 Å². The summed E-state index contributed by atoms with van der Waals surface area (Å²) in [7, 11) is 0. The highest BCUT2D eigenvalue weighted by Gasteiger charge is 2.31. The van der Waals surface area contributed by atoms with Crippen LogP contribution in [0, 0.1) is 11.6 Å². The summed E-state index contributed by atoms with van der Waals surface area (Å²) in [6.07, 6.45) is -6.06. The van der Waals surface area contributed by atoms with Crippen molar-refractivity contribution in [1.29, 1.82) is 0 Å². The van der Waals surface area contributed by atoms with Gasteiger partial charge in [-0.25, -0.2) is 13.8 Å². The molecular formula is C19H11BrF6N2O4. The molecule has 2 N–H and O–H groups in total. The summed E-state index contributed by atoms with van der Waals surface area (Å²) < 4.78 is 89.4. The summed E-state index contributed by atoms with van der Waals surface area (Å²) in [6, 6.07) is 5.47. The zero-order valence-corrected chi connectivity index (χ0v) is 17.1. The van der Waals surface area contributed by atoms with E-state index in [-0.39, 0.29) is 21.8 Å². The minimum absolute atomic E-state index is 0.0404. The Morgan fingerprint density at radius 1 is 1.16 bits per heavy atom. The molecule has 0 aliphatic carbocycles. The van der Waals surface area contributed by atoms with E-state index in [2.05, 4.69) is 25.9 Å². The molecule has 6 nitrogen and oxygen atoms in total. The largest absolute Gasteiger partial charge is 0.475 e. The number of rotatable bonds is 7. The predicted octanol–water partition coefficient (Wildman–Crippen LogP) is 5.52. The molecule has 1 amide bonds. The van der Waals surface area contributed by atoms with Crippen molar-refractivity contribution in [2.24, 2.45) is 5.73 Å². The second-order valence-corrected chi connectivity index (χ2v) is 6.95. The SMILES string of the molecule is NC(=O)c1c(F)ccc(OC(COF)c2nc(-c3ccc(C(F)(F)F)cc3)c(Br)o2)c1F.